The van der Waals surface area contributed by atoms with Gasteiger partial charge < -0.3 is 15.8 Å². The Morgan fingerprint density at radius 3 is 2.57 bits per heavy atom. The second kappa shape index (κ2) is 5.58. The summed E-state index contributed by atoms with van der Waals surface area (Å²) in [6.07, 6.45) is -2.17. The van der Waals surface area contributed by atoms with Crippen molar-refractivity contribution in [1.29, 1.82) is 0 Å². The lowest BCUT2D eigenvalue weighted by molar-refractivity contribution is -0.141. The predicted octanol–water partition coefficient (Wildman–Crippen LogP) is 1.34. The fraction of sp³-hybridized carbons (Fsp3) is 0.417. The summed E-state index contributed by atoms with van der Waals surface area (Å²) in [6.45, 7) is -1.29. The zero-order chi connectivity index (χ0) is 15.6. The number of alkyl halides is 3. The average molecular weight is 302 g/mol. The Balaban J connectivity index is 2.17. The fourth-order valence-corrected chi connectivity index (χ4v) is 1.82. The minimum Gasteiger partial charge on any atom is -0.409 e. The first kappa shape index (κ1) is 15.1. The second-order valence-corrected chi connectivity index (χ2v) is 4.70. The molecule has 1 aliphatic rings. The van der Waals surface area contributed by atoms with Crippen LogP contribution < -0.4 is 5.73 Å². The lowest BCUT2D eigenvalue weighted by Gasteiger charge is -2.23. The molecule has 0 unspecified atom stereocenters. The number of carbonyl (C=O) groups is 1. The van der Waals surface area contributed by atoms with Crippen molar-refractivity contribution in [3.05, 3.63) is 29.6 Å². The van der Waals surface area contributed by atoms with Gasteiger partial charge in [-0.1, -0.05) is 5.16 Å². The highest BCUT2D eigenvalue weighted by molar-refractivity contribution is 5.98. The van der Waals surface area contributed by atoms with Crippen LogP contribution in [0, 0.1) is 0 Å². The number of hydrogen-bond donors (Lipinski definition) is 2. The standard InChI is InChI=1S/C12H13F3N4O2/c13-12(14,15)6-19(8-2-3-8)11(20)9-4-1-7(5-17-9)10(16)18-21/h1,4-5,8,21H,2-3,6H2,(H2,16,18). The summed E-state index contributed by atoms with van der Waals surface area (Å²) in [4.78, 5) is 16.7. The number of amides is 1. The molecule has 1 amide bonds. The first-order valence-electron chi connectivity index (χ1n) is 6.13. The minimum absolute atomic E-state index is 0.111. The molecule has 0 bridgehead atoms. The van der Waals surface area contributed by atoms with Crippen molar-refractivity contribution in [3.63, 3.8) is 0 Å². The molecule has 1 fully saturated rings. The van der Waals surface area contributed by atoms with Gasteiger partial charge >= 0.3 is 6.18 Å². The van der Waals surface area contributed by atoms with E-state index in [2.05, 4.69) is 10.1 Å². The summed E-state index contributed by atoms with van der Waals surface area (Å²) in [5.74, 6) is -0.975. The SMILES string of the molecule is NC(=NO)c1ccc(C(=O)N(CC(F)(F)F)C2CC2)nc1. The number of hydrogen-bond acceptors (Lipinski definition) is 4. The van der Waals surface area contributed by atoms with E-state index in [1.54, 1.807) is 0 Å². The molecule has 0 aromatic carbocycles. The van der Waals surface area contributed by atoms with E-state index in [0.717, 1.165) is 4.90 Å². The molecular formula is C12H13F3N4O2. The Kier molecular flexibility index (Phi) is 4.01. The quantitative estimate of drug-likeness (QED) is 0.380. The van der Waals surface area contributed by atoms with Gasteiger partial charge in [-0.2, -0.15) is 13.2 Å². The monoisotopic (exact) mass is 302 g/mol. The van der Waals surface area contributed by atoms with Crippen LogP contribution in [0.1, 0.15) is 28.9 Å². The summed E-state index contributed by atoms with van der Waals surface area (Å²) in [5, 5.41) is 11.3. The van der Waals surface area contributed by atoms with Crippen LogP contribution in [-0.2, 0) is 0 Å². The van der Waals surface area contributed by atoms with E-state index < -0.39 is 18.6 Å². The normalized spacial score (nSPS) is 15.9. The van der Waals surface area contributed by atoms with Crippen molar-refractivity contribution >= 4 is 11.7 Å². The van der Waals surface area contributed by atoms with Gasteiger partial charge in [-0.25, -0.2) is 0 Å². The van der Waals surface area contributed by atoms with Gasteiger partial charge in [0.2, 0.25) is 0 Å². The van der Waals surface area contributed by atoms with Crippen LogP contribution >= 0.6 is 0 Å². The number of pyridine rings is 1. The first-order chi connectivity index (χ1) is 9.81. The molecule has 0 spiro atoms. The summed E-state index contributed by atoms with van der Waals surface area (Å²) in [6, 6.07) is 2.22. The van der Waals surface area contributed by atoms with Crippen molar-refractivity contribution < 1.29 is 23.2 Å². The number of nitrogens with two attached hydrogens (primary N) is 1. The van der Waals surface area contributed by atoms with Crippen LogP contribution in [0.5, 0.6) is 0 Å². The Labute approximate surface area is 118 Å². The Morgan fingerprint density at radius 1 is 1.48 bits per heavy atom. The molecule has 6 nitrogen and oxygen atoms in total. The number of aromatic nitrogens is 1. The topological polar surface area (TPSA) is 91.8 Å². The predicted molar refractivity (Wildman–Crippen MR) is 66.9 cm³/mol. The first-order valence-corrected chi connectivity index (χ1v) is 6.13. The number of oxime groups is 1. The maximum absolute atomic E-state index is 12.5. The average Bonchev–Trinajstić information content (AvgIpc) is 3.27. The lowest BCUT2D eigenvalue weighted by Crippen LogP contribution is -2.40. The van der Waals surface area contributed by atoms with Crippen molar-refractivity contribution in [2.45, 2.75) is 25.1 Å². The van der Waals surface area contributed by atoms with Gasteiger partial charge in [0.15, 0.2) is 5.84 Å². The highest BCUT2D eigenvalue weighted by Crippen LogP contribution is 2.31. The minimum atomic E-state index is -4.45. The summed E-state index contributed by atoms with van der Waals surface area (Å²) < 4.78 is 37.5. The Bertz CT molecular complexity index is 553. The zero-order valence-electron chi connectivity index (χ0n) is 10.8. The van der Waals surface area contributed by atoms with Gasteiger partial charge in [-0.15, -0.1) is 0 Å². The Morgan fingerprint density at radius 2 is 2.14 bits per heavy atom. The number of amidine groups is 1. The fourth-order valence-electron chi connectivity index (χ4n) is 1.82. The lowest BCUT2D eigenvalue weighted by atomic mass is 10.2. The summed E-state index contributed by atoms with van der Waals surface area (Å²) in [7, 11) is 0. The molecule has 0 atom stereocenters. The summed E-state index contributed by atoms with van der Waals surface area (Å²) >= 11 is 0. The molecule has 0 radical (unpaired) electrons. The van der Waals surface area contributed by atoms with Crippen molar-refractivity contribution in [2.24, 2.45) is 10.9 Å². The van der Waals surface area contributed by atoms with Gasteiger partial charge in [0.1, 0.15) is 12.2 Å². The van der Waals surface area contributed by atoms with Crippen LogP contribution in [-0.4, -0.2) is 45.6 Å². The van der Waals surface area contributed by atoms with Crippen molar-refractivity contribution in [1.82, 2.24) is 9.88 Å². The van der Waals surface area contributed by atoms with Crippen LogP contribution in [0.2, 0.25) is 0 Å². The van der Waals surface area contributed by atoms with Gasteiger partial charge in [0, 0.05) is 17.8 Å². The maximum atomic E-state index is 12.5. The molecule has 1 aliphatic carbocycles. The molecule has 1 aromatic heterocycles. The van der Waals surface area contributed by atoms with Gasteiger partial charge in [-0.05, 0) is 25.0 Å². The molecule has 0 saturated heterocycles. The van der Waals surface area contributed by atoms with Crippen LogP contribution in [0.25, 0.3) is 0 Å². The number of carbonyl (C=O) groups excluding carboxylic acids is 1. The van der Waals surface area contributed by atoms with E-state index in [4.69, 9.17) is 10.9 Å². The van der Waals surface area contributed by atoms with Crippen molar-refractivity contribution in [3.8, 4) is 0 Å². The molecular weight excluding hydrogens is 289 g/mol. The molecule has 1 heterocycles. The molecule has 1 saturated carbocycles. The molecule has 114 valence electrons. The van der Waals surface area contributed by atoms with E-state index in [0.29, 0.717) is 12.8 Å². The van der Waals surface area contributed by atoms with Crippen LogP contribution in [0.4, 0.5) is 13.2 Å². The van der Waals surface area contributed by atoms with E-state index in [1.165, 1.54) is 18.3 Å². The molecule has 21 heavy (non-hydrogen) atoms. The van der Waals surface area contributed by atoms with Crippen LogP contribution in [0.15, 0.2) is 23.5 Å². The molecule has 1 aromatic rings. The molecule has 3 N–H and O–H groups in total. The van der Waals surface area contributed by atoms with Crippen molar-refractivity contribution in [2.75, 3.05) is 6.54 Å². The zero-order valence-corrected chi connectivity index (χ0v) is 10.8. The molecule has 9 heteroatoms. The van der Waals surface area contributed by atoms with Gasteiger partial charge in [0.25, 0.3) is 5.91 Å². The largest absolute Gasteiger partial charge is 0.409 e. The van der Waals surface area contributed by atoms with E-state index in [-0.39, 0.29) is 23.1 Å². The highest BCUT2D eigenvalue weighted by Gasteiger charge is 2.41. The molecule has 0 aliphatic heterocycles. The maximum Gasteiger partial charge on any atom is 0.406 e. The van der Waals surface area contributed by atoms with E-state index in [1.807, 2.05) is 0 Å². The third-order valence-corrected chi connectivity index (χ3v) is 2.98. The summed E-state index contributed by atoms with van der Waals surface area (Å²) in [5.41, 5.74) is 5.49. The second-order valence-electron chi connectivity index (χ2n) is 4.70. The highest BCUT2D eigenvalue weighted by atomic mass is 19.4. The number of halogens is 3. The third-order valence-electron chi connectivity index (χ3n) is 2.98. The number of rotatable bonds is 4. The third kappa shape index (κ3) is 3.83. The Hall–Kier alpha value is -2.32. The number of nitrogens with zero attached hydrogens (tertiary/aromatic N) is 3. The van der Waals surface area contributed by atoms with Crippen LogP contribution in [0.3, 0.4) is 0 Å². The van der Waals surface area contributed by atoms with Gasteiger partial charge in [0.05, 0.1) is 0 Å². The molecule has 2 rings (SSSR count). The van der Waals surface area contributed by atoms with E-state index >= 15 is 0 Å². The van der Waals surface area contributed by atoms with Gasteiger partial charge in [-0.3, -0.25) is 9.78 Å². The smallest absolute Gasteiger partial charge is 0.406 e. The van der Waals surface area contributed by atoms with E-state index in [9.17, 15) is 18.0 Å².